The molecule has 154 valence electrons. The molecular weight excluding hydrogens is 390 g/mol. The molecule has 4 aromatic rings. The summed E-state index contributed by atoms with van der Waals surface area (Å²) in [7, 11) is 0. The van der Waals surface area contributed by atoms with E-state index in [0.717, 1.165) is 19.3 Å². The molecule has 0 amide bonds. The van der Waals surface area contributed by atoms with Gasteiger partial charge in [-0.1, -0.05) is 30.3 Å². The van der Waals surface area contributed by atoms with Crippen LogP contribution in [-0.2, 0) is 17.6 Å². The molecule has 0 radical (unpaired) electrons. The van der Waals surface area contributed by atoms with Crippen molar-refractivity contribution in [1.29, 1.82) is 0 Å². The van der Waals surface area contributed by atoms with Gasteiger partial charge >= 0.3 is 5.97 Å². The number of para-hydroxylation sites is 1. The van der Waals surface area contributed by atoms with Crippen LogP contribution in [0.3, 0.4) is 0 Å². The lowest BCUT2D eigenvalue weighted by atomic mass is 10.0. The van der Waals surface area contributed by atoms with E-state index in [1.807, 2.05) is 42.5 Å². The fraction of sp³-hybridized carbons (Fsp3) is 0.192. The summed E-state index contributed by atoms with van der Waals surface area (Å²) in [6.07, 6.45) is 3.82. The highest BCUT2D eigenvalue weighted by atomic mass is 16.5. The Bertz CT molecular complexity index is 1290. The summed E-state index contributed by atoms with van der Waals surface area (Å²) in [5, 5.41) is 0.667. The second-order valence-corrected chi connectivity index (χ2v) is 7.80. The third kappa shape index (κ3) is 3.63. The Morgan fingerprint density at radius 3 is 2.68 bits per heavy atom. The number of furan rings is 1. The standard InChI is InChI=1S/C26H21NO4/c1-16(25(28)19-12-11-17-6-4-7-18(17)14-19)31-26(29)21-15-23(24-10-5-13-30-24)27-22-9-3-2-8-20(21)22/h2-3,5,8-16H,4,6-7H2,1H3/t16-/m1/s1. The van der Waals surface area contributed by atoms with Crippen molar-refractivity contribution in [3.05, 3.63) is 89.2 Å². The number of Topliss-reactive ketones (excluding diaryl/α,β-unsaturated/α-hetero) is 1. The van der Waals surface area contributed by atoms with E-state index in [-0.39, 0.29) is 5.78 Å². The van der Waals surface area contributed by atoms with Crippen molar-refractivity contribution in [1.82, 2.24) is 4.98 Å². The van der Waals surface area contributed by atoms with Gasteiger partial charge in [0.2, 0.25) is 5.78 Å². The minimum Gasteiger partial charge on any atom is -0.463 e. The quantitative estimate of drug-likeness (QED) is 0.324. The first kappa shape index (κ1) is 19.2. The number of rotatable bonds is 5. The molecule has 0 N–H and O–H groups in total. The Morgan fingerprint density at radius 2 is 1.84 bits per heavy atom. The zero-order chi connectivity index (χ0) is 21.4. The van der Waals surface area contributed by atoms with E-state index >= 15 is 0 Å². The molecule has 0 saturated heterocycles. The smallest absolute Gasteiger partial charge is 0.339 e. The Kier molecular flexibility index (Phi) is 4.86. The predicted molar refractivity (Wildman–Crippen MR) is 117 cm³/mol. The highest BCUT2D eigenvalue weighted by molar-refractivity contribution is 6.06. The number of pyridine rings is 1. The van der Waals surface area contributed by atoms with Crippen LogP contribution in [0.15, 0.2) is 71.3 Å². The Balaban J connectivity index is 1.44. The average Bonchev–Trinajstić information content (AvgIpc) is 3.49. The van der Waals surface area contributed by atoms with E-state index in [1.165, 1.54) is 11.1 Å². The van der Waals surface area contributed by atoms with Gasteiger partial charge in [0.05, 0.1) is 17.3 Å². The molecule has 1 aliphatic carbocycles. The number of ketones is 1. The summed E-state index contributed by atoms with van der Waals surface area (Å²) in [4.78, 5) is 30.6. The molecule has 5 heteroatoms. The first-order chi connectivity index (χ1) is 15.1. The zero-order valence-electron chi connectivity index (χ0n) is 17.1. The summed E-state index contributed by atoms with van der Waals surface area (Å²) < 4.78 is 11.1. The SMILES string of the molecule is C[C@@H](OC(=O)c1cc(-c2ccco2)nc2ccccc12)C(=O)c1ccc2c(c1)CCC2. The van der Waals surface area contributed by atoms with Crippen LogP contribution in [0.2, 0.25) is 0 Å². The van der Waals surface area contributed by atoms with Crippen molar-refractivity contribution in [3.8, 4) is 11.5 Å². The van der Waals surface area contributed by atoms with Gasteiger partial charge < -0.3 is 9.15 Å². The van der Waals surface area contributed by atoms with Crippen molar-refractivity contribution in [2.45, 2.75) is 32.3 Å². The first-order valence-electron chi connectivity index (χ1n) is 10.4. The van der Waals surface area contributed by atoms with Crippen LogP contribution < -0.4 is 0 Å². The van der Waals surface area contributed by atoms with E-state index in [4.69, 9.17) is 9.15 Å². The minimum absolute atomic E-state index is 0.201. The van der Waals surface area contributed by atoms with Crippen LogP contribution in [0.25, 0.3) is 22.4 Å². The van der Waals surface area contributed by atoms with Gasteiger partial charge in [0.1, 0.15) is 5.69 Å². The number of hydrogen-bond acceptors (Lipinski definition) is 5. The number of carbonyl (C=O) groups is 2. The third-order valence-electron chi connectivity index (χ3n) is 5.75. The Labute approximate surface area is 179 Å². The molecule has 0 saturated carbocycles. The number of fused-ring (bicyclic) bond motifs is 2. The molecule has 2 heterocycles. The monoisotopic (exact) mass is 411 g/mol. The normalized spacial score (nSPS) is 13.7. The lowest BCUT2D eigenvalue weighted by Crippen LogP contribution is -2.24. The van der Waals surface area contributed by atoms with Crippen molar-refractivity contribution < 1.29 is 18.7 Å². The molecule has 1 aliphatic rings. The lowest BCUT2D eigenvalue weighted by molar-refractivity contribution is 0.0320. The van der Waals surface area contributed by atoms with Gasteiger partial charge in [0, 0.05) is 10.9 Å². The van der Waals surface area contributed by atoms with Gasteiger partial charge in [-0.05, 0) is 67.6 Å². The van der Waals surface area contributed by atoms with E-state index in [9.17, 15) is 9.59 Å². The topological polar surface area (TPSA) is 69.4 Å². The van der Waals surface area contributed by atoms with E-state index < -0.39 is 12.1 Å². The summed E-state index contributed by atoms with van der Waals surface area (Å²) in [5.41, 5.74) is 4.64. The first-order valence-corrected chi connectivity index (χ1v) is 10.4. The number of carbonyl (C=O) groups excluding carboxylic acids is 2. The second kappa shape index (κ2) is 7.84. The molecular formula is C26H21NO4. The molecule has 2 aromatic heterocycles. The molecule has 0 aliphatic heterocycles. The molecule has 5 rings (SSSR count). The maximum Gasteiger partial charge on any atom is 0.339 e. The van der Waals surface area contributed by atoms with Crippen molar-refractivity contribution in [2.24, 2.45) is 0 Å². The molecule has 0 fully saturated rings. The number of aromatic nitrogens is 1. The number of hydrogen-bond donors (Lipinski definition) is 0. The van der Waals surface area contributed by atoms with Gasteiger partial charge in [-0.3, -0.25) is 4.79 Å². The van der Waals surface area contributed by atoms with Crippen molar-refractivity contribution in [2.75, 3.05) is 0 Å². The molecule has 0 spiro atoms. The van der Waals surface area contributed by atoms with Gasteiger partial charge in [0.15, 0.2) is 11.9 Å². The maximum atomic E-state index is 13.1. The van der Waals surface area contributed by atoms with E-state index in [0.29, 0.717) is 33.5 Å². The average molecular weight is 411 g/mol. The number of aryl methyl sites for hydroxylation is 2. The summed E-state index contributed by atoms with van der Waals surface area (Å²) in [5.74, 6) is -0.205. The number of ether oxygens (including phenoxy) is 1. The third-order valence-corrected chi connectivity index (χ3v) is 5.75. The largest absolute Gasteiger partial charge is 0.463 e. The Hall–Kier alpha value is -3.73. The van der Waals surface area contributed by atoms with Crippen molar-refractivity contribution >= 4 is 22.7 Å². The predicted octanol–water partition coefficient (Wildman–Crippen LogP) is 5.41. The van der Waals surface area contributed by atoms with E-state index in [1.54, 1.807) is 31.4 Å². The molecule has 5 nitrogen and oxygen atoms in total. The number of benzene rings is 2. The number of nitrogens with zero attached hydrogens (tertiary/aromatic N) is 1. The summed E-state index contributed by atoms with van der Waals surface area (Å²) in [6.45, 7) is 1.62. The highest BCUT2D eigenvalue weighted by Gasteiger charge is 2.24. The zero-order valence-corrected chi connectivity index (χ0v) is 17.1. The fourth-order valence-corrected chi connectivity index (χ4v) is 4.13. The highest BCUT2D eigenvalue weighted by Crippen LogP contribution is 2.27. The van der Waals surface area contributed by atoms with Crippen LogP contribution in [-0.4, -0.2) is 22.8 Å². The summed E-state index contributed by atoms with van der Waals surface area (Å²) >= 11 is 0. The summed E-state index contributed by atoms with van der Waals surface area (Å²) in [6, 6.07) is 18.3. The molecule has 2 aromatic carbocycles. The fourth-order valence-electron chi connectivity index (χ4n) is 4.13. The molecule has 31 heavy (non-hydrogen) atoms. The van der Waals surface area contributed by atoms with Gasteiger partial charge in [-0.25, -0.2) is 9.78 Å². The van der Waals surface area contributed by atoms with Crippen molar-refractivity contribution in [3.63, 3.8) is 0 Å². The van der Waals surface area contributed by atoms with Gasteiger partial charge in [0.25, 0.3) is 0 Å². The van der Waals surface area contributed by atoms with Crippen LogP contribution in [0.1, 0.15) is 45.2 Å². The molecule has 1 atom stereocenters. The molecule has 0 bridgehead atoms. The van der Waals surface area contributed by atoms with E-state index in [2.05, 4.69) is 4.98 Å². The maximum absolute atomic E-state index is 13.1. The second-order valence-electron chi connectivity index (χ2n) is 7.80. The number of esters is 1. The van der Waals surface area contributed by atoms with Gasteiger partial charge in [-0.2, -0.15) is 0 Å². The minimum atomic E-state index is -0.897. The molecule has 0 unspecified atom stereocenters. The Morgan fingerprint density at radius 1 is 1.00 bits per heavy atom. The van der Waals surface area contributed by atoms with Crippen LogP contribution in [0.4, 0.5) is 0 Å². The van der Waals surface area contributed by atoms with Crippen LogP contribution in [0, 0.1) is 0 Å². The lowest BCUT2D eigenvalue weighted by Gasteiger charge is -2.14. The van der Waals surface area contributed by atoms with Crippen LogP contribution in [0.5, 0.6) is 0 Å². The van der Waals surface area contributed by atoms with Gasteiger partial charge in [-0.15, -0.1) is 0 Å². The van der Waals surface area contributed by atoms with Crippen LogP contribution >= 0.6 is 0 Å².